The summed E-state index contributed by atoms with van der Waals surface area (Å²) in [6.07, 6.45) is 3.97. The number of nitrogens with one attached hydrogen (secondary N) is 3. The van der Waals surface area contributed by atoms with Crippen LogP contribution in [-0.2, 0) is 0 Å². The smallest absolute Gasteiger partial charge is 0.262 e. The van der Waals surface area contributed by atoms with Crippen LogP contribution in [0.4, 0.5) is 11.4 Å². The van der Waals surface area contributed by atoms with Crippen molar-refractivity contribution in [2.75, 3.05) is 12.0 Å². The Bertz CT molecular complexity index is 1830. The number of aromatic nitrogens is 8. The summed E-state index contributed by atoms with van der Waals surface area (Å²) in [5.74, 6) is 1.15. The average molecular weight is 575 g/mol. The average Bonchev–Trinajstić information content (AvgIpc) is 3.62. The Morgan fingerprint density at radius 2 is 1.40 bits per heavy atom. The van der Waals surface area contributed by atoms with E-state index in [9.17, 15) is 10.4 Å². The van der Waals surface area contributed by atoms with Gasteiger partial charge in [0.2, 0.25) is 12.4 Å². The van der Waals surface area contributed by atoms with Gasteiger partial charge in [0.1, 0.15) is 44.9 Å². The summed E-state index contributed by atoms with van der Waals surface area (Å²) in [5.41, 5.74) is 3.82. The van der Waals surface area contributed by atoms with Crippen LogP contribution in [0.5, 0.6) is 11.5 Å². The van der Waals surface area contributed by atoms with Crippen molar-refractivity contribution >= 4 is 61.4 Å². The number of anilines is 1. The largest absolute Gasteiger partial charge is 0.618 e. The monoisotopic (exact) mass is 574 g/mol. The fourth-order valence-corrected chi connectivity index (χ4v) is 5.43. The van der Waals surface area contributed by atoms with Gasteiger partial charge in [0.15, 0.2) is 13.1 Å². The minimum Gasteiger partial charge on any atom is -0.618 e. The van der Waals surface area contributed by atoms with Gasteiger partial charge in [0.05, 0.1) is 0 Å². The highest BCUT2D eigenvalue weighted by atomic mass is 33.1. The number of rotatable bonds is 10. The highest BCUT2D eigenvalue weighted by Gasteiger charge is 2.14. The Morgan fingerprint density at radius 1 is 0.775 bits per heavy atom. The van der Waals surface area contributed by atoms with E-state index < -0.39 is 0 Å². The first kappa shape index (κ1) is 25.2. The number of benzene rings is 2. The van der Waals surface area contributed by atoms with Crippen molar-refractivity contribution in [3.05, 3.63) is 83.5 Å². The van der Waals surface area contributed by atoms with Crippen molar-refractivity contribution in [2.45, 2.75) is 10.1 Å². The standard InChI is InChI=1S/C24H18N10O4S2/c35-33-11-15(25-13-37-17-3-5-19-21(9-17)29-31-27-19)1-7-23(33)39-40-24-8-2-16(12-34(24)36)26-14-38-18-4-6-20-22(10-18)30-32-28-20/h1-13,26H,14H2,(H,27,29,31)(H,28,30,32). The molecule has 40 heavy (non-hydrogen) atoms. The lowest BCUT2D eigenvalue weighted by molar-refractivity contribution is -0.645. The summed E-state index contributed by atoms with van der Waals surface area (Å²) in [4.78, 5) is 4.16. The number of H-pyrrole nitrogens is 2. The molecule has 4 aromatic heterocycles. The lowest BCUT2D eigenvalue weighted by Crippen LogP contribution is -2.29. The van der Waals surface area contributed by atoms with Crippen molar-refractivity contribution < 1.29 is 18.9 Å². The van der Waals surface area contributed by atoms with Crippen molar-refractivity contribution in [1.29, 1.82) is 0 Å². The lowest BCUT2D eigenvalue weighted by atomic mass is 10.3. The summed E-state index contributed by atoms with van der Waals surface area (Å²) < 4.78 is 12.6. The second-order valence-corrected chi connectivity index (χ2v) is 10.2. The molecule has 2 aromatic carbocycles. The molecule has 0 saturated carbocycles. The number of nitrogens with zero attached hydrogens (tertiary/aromatic N) is 7. The summed E-state index contributed by atoms with van der Waals surface area (Å²) in [6.45, 7) is 0.150. The van der Waals surface area contributed by atoms with E-state index in [1.807, 2.05) is 0 Å². The number of hydrogen-bond donors (Lipinski definition) is 3. The van der Waals surface area contributed by atoms with E-state index in [4.69, 9.17) is 9.47 Å². The van der Waals surface area contributed by atoms with E-state index in [1.165, 1.54) is 18.8 Å². The third kappa shape index (κ3) is 5.82. The Hall–Kier alpha value is -5.09. The van der Waals surface area contributed by atoms with Crippen molar-refractivity contribution in [3.63, 3.8) is 0 Å². The Kier molecular flexibility index (Phi) is 7.14. The predicted octanol–water partition coefficient (Wildman–Crippen LogP) is 3.48. The maximum absolute atomic E-state index is 12.5. The van der Waals surface area contributed by atoms with Gasteiger partial charge >= 0.3 is 0 Å². The number of hydrogen-bond acceptors (Lipinski definition) is 12. The molecule has 16 heteroatoms. The number of pyridine rings is 2. The number of ether oxygens (including phenoxy) is 2. The van der Waals surface area contributed by atoms with Crippen LogP contribution in [0.25, 0.3) is 22.1 Å². The molecule has 0 amide bonds. The first-order chi connectivity index (χ1) is 19.6. The van der Waals surface area contributed by atoms with Crippen molar-refractivity contribution in [3.8, 4) is 11.5 Å². The molecule has 3 N–H and O–H groups in total. The lowest BCUT2D eigenvalue weighted by Gasteiger charge is -2.10. The van der Waals surface area contributed by atoms with Gasteiger partial charge in [0.25, 0.3) is 10.1 Å². The van der Waals surface area contributed by atoms with Crippen molar-refractivity contribution in [2.24, 2.45) is 4.99 Å². The Balaban J connectivity index is 1.00. The first-order valence-corrected chi connectivity index (χ1v) is 13.7. The SMILES string of the molecule is [O-][n+]1cc(N=COc2ccc3n[nH]nc3c2)ccc1SSc1ccc(NCOc2ccc3n[nH]nc3c2)c[n+]1[O-]. The van der Waals surface area contributed by atoms with Gasteiger partial charge < -0.3 is 25.2 Å². The highest BCUT2D eigenvalue weighted by molar-refractivity contribution is 8.76. The molecule has 0 saturated heterocycles. The zero-order chi connectivity index (χ0) is 27.3. The summed E-state index contributed by atoms with van der Waals surface area (Å²) >= 11 is 0. The van der Waals surface area contributed by atoms with Gasteiger partial charge in [-0.15, -0.1) is 0 Å². The zero-order valence-corrected chi connectivity index (χ0v) is 21.9. The molecule has 0 aliphatic rings. The van der Waals surface area contributed by atoms with E-state index in [0.717, 1.165) is 37.4 Å². The molecule has 6 aromatic rings. The number of aromatic amines is 2. The molecule has 0 fully saturated rings. The summed E-state index contributed by atoms with van der Waals surface area (Å²) in [5, 5.41) is 49.9. The molecule has 0 aliphatic heterocycles. The maximum atomic E-state index is 12.5. The molecule has 0 spiro atoms. The molecule has 4 heterocycles. The van der Waals surface area contributed by atoms with Gasteiger partial charge in [-0.05, 0) is 36.4 Å². The second-order valence-electron chi connectivity index (χ2n) is 8.07. The number of fused-ring (bicyclic) bond motifs is 2. The van der Waals surface area contributed by atoms with Crippen LogP contribution >= 0.6 is 21.6 Å². The third-order valence-corrected chi connectivity index (χ3v) is 7.77. The van der Waals surface area contributed by atoms with Crippen LogP contribution in [0.1, 0.15) is 0 Å². The van der Waals surface area contributed by atoms with E-state index in [0.29, 0.717) is 48.7 Å². The van der Waals surface area contributed by atoms with Gasteiger partial charge in [-0.2, -0.15) is 40.3 Å². The zero-order valence-electron chi connectivity index (χ0n) is 20.3. The van der Waals surface area contributed by atoms with Crippen molar-refractivity contribution in [1.82, 2.24) is 30.8 Å². The normalized spacial score (nSPS) is 11.4. The van der Waals surface area contributed by atoms with Gasteiger partial charge in [-0.1, -0.05) is 0 Å². The summed E-state index contributed by atoms with van der Waals surface area (Å²) in [6, 6.07) is 17.3. The van der Waals surface area contributed by atoms with Gasteiger partial charge in [-0.25, -0.2) is 4.99 Å². The predicted molar refractivity (Wildman–Crippen MR) is 148 cm³/mol. The number of aliphatic imine (C=N–C) groups is 1. The van der Waals surface area contributed by atoms with Crippen LogP contribution in [0.15, 0.2) is 88.1 Å². The molecule has 14 nitrogen and oxygen atoms in total. The first-order valence-electron chi connectivity index (χ1n) is 11.6. The quantitative estimate of drug-likeness (QED) is 0.0544. The second kappa shape index (κ2) is 11.3. The minimum absolute atomic E-state index is 0.150. The Labute approximate surface area is 233 Å². The molecule has 0 unspecified atom stereocenters. The summed E-state index contributed by atoms with van der Waals surface area (Å²) in [7, 11) is 2.32. The minimum atomic E-state index is 0.150. The fraction of sp³-hybridized carbons (Fsp3) is 0.0417. The van der Waals surface area contributed by atoms with E-state index in [1.54, 1.807) is 60.7 Å². The third-order valence-electron chi connectivity index (χ3n) is 5.44. The topological polar surface area (TPSA) is 180 Å². The van der Waals surface area contributed by atoms with E-state index in [2.05, 4.69) is 41.1 Å². The fourth-order valence-electron chi connectivity index (χ4n) is 3.47. The molecule has 0 atom stereocenters. The van der Waals surface area contributed by atoms with Gasteiger partial charge in [0, 0.05) is 45.9 Å². The molecule has 0 aliphatic carbocycles. The highest BCUT2D eigenvalue weighted by Crippen LogP contribution is 2.34. The molecular formula is C24H18N10O4S2. The molecule has 0 radical (unpaired) electrons. The van der Waals surface area contributed by atoms with Crippen LogP contribution in [0.3, 0.4) is 0 Å². The maximum Gasteiger partial charge on any atom is 0.262 e. The molecule has 200 valence electrons. The van der Waals surface area contributed by atoms with E-state index >= 15 is 0 Å². The van der Waals surface area contributed by atoms with Crippen LogP contribution in [0.2, 0.25) is 0 Å². The van der Waals surface area contributed by atoms with E-state index in [-0.39, 0.29) is 6.73 Å². The Morgan fingerprint density at radius 3 is 2.10 bits per heavy atom. The molecule has 0 bridgehead atoms. The van der Waals surface area contributed by atoms with Gasteiger partial charge in [-0.3, -0.25) is 0 Å². The van der Waals surface area contributed by atoms with Crippen LogP contribution in [0, 0.1) is 10.4 Å². The van der Waals surface area contributed by atoms with Crippen LogP contribution in [-0.4, -0.2) is 44.0 Å². The van der Waals surface area contributed by atoms with Crippen LogP contribution < -0.4 is 24.3 Å². The molecule has 6 rings (SSSR count). The molecular weight excluding hydrogens is 556 g/mol.